The first-order valence-electron chi connectivity index (χ1n) is 7.77. The van der Waals surface area contributed by atoms with Gasteiger partial charge in [-0.1, -0.05) is 11.8 Å². The summed E-state index contributed by atoms with van der Waals surface area (Å²) in [4.78, 5) is 16.0. The molecule has 1 saturated carbocycles. The summed E-state index contributed by atoms with van der Waals surface area (Å²) in [7, 11) is 0. The maximum Gasteiger partial charge on any atom is 0.168 e. The van der Waals surface area contributed by atoms with Crippen LogP contribution in [0, 0.1) is 13.8 Å². The number of nitrogens with two attached hydrogens (primary N) is 1. The Morgan fingerprint density at radius 2 is 2.13 bits per heavy atom. The van der Waals surface area contributed by atoms with Crippen molar-refractivity contribution in [3.8, 4) is 0 Å². The van der Waals surface area contributed by atoms with Crippen molar-refractivity contribution in [2.45, 2.75) is 50.1 Å². The average Bonchev–Trinajstić information content (AvgIpc) is 3.18. The van der Waals surface area contributed by atoms with Crippen LogP contribution in [0.25, 0.3) is 10.2 Å². The number of thioether (sulfide) groups is 1. The lowest BCUT2D eigenvalue weighted by Crippen LogP contribution is -2.03. The second-order valence-electron chi connectivity index (χ2n) is 6.04. The Morgan fingerprint density at radius 1 is 1.35 bits per heavy atom. The molecule has 0 amide bonds. The third-order valence-corrected chi connectivity index (χ3v) is 6.49. The van der Waals surface area contributed by atoms with E-state index >= 15 is 0 Å². The predicted molar refractivity (Wildman–Crippen MR) is 96.1 cm³/mol. The Balaban J connectivity index is 1.66. The predicted octanol–water partition coefficient (Wildman–Crippen LogP) is 4.28. The summed E-state index contributed by atoms with van der Waals surface area (Å²) in [5.74, 6) is 1.37. The fourth-order valence-corrected chi connectivity index (χ4v) is 4.74. The fourth-order valence-electron chi connectivity index (χ4n) is 2.71. The number of rotatable bonds is 4. The molecule has 0 bridgehead atoms. The van der Waals surface area contributed by atoms with Crippen LogP contribution in [0.3, 0.4) is 0 Å². The van der Waals surface area contributed by atoms with Crippen molar-refractivity contribution in [1.82, 2.24) is 19.5 Å². The normalized spacial score (nSPS) is 16.1. The minimum absolute atomic E-state index is 0.115. The highest BCUT2D eigenvalue weighted by atomic mass is 32.2. The van der Waals surface area contributed by atoms with Gasteiger partial charge in [0.25, 0.3) is 0 Å². The molecule has 3 aromatic rings. The van der Waals surface area contributed by atoms with Gasteiger partial charge < -0.3 is 10.3 Å². The molecule has 7 heteroatoms. The lowest BCUT2D eigenvalue weighted by atomic mass is 10.2. The zero-order valence-corrected chi connectivity index (χ0v) is 15.0. The Morgan fingerprint density at radius 3 is 2.87 bits per heavy atom. The Hall–Kier alpha value is -1.60. The van der Waals surface area contributed by atoms with Crippen molar-refractivity contribution >= 4 is 39.1 Å². The summed E-state index contributed by atoms with van der Waals surface area (Å²) in [6.07, 6.45) is 6.44. The molecule has 0 saturated heterocycles. The van der Waals surface area contributed by atoms with E-state index in [1.807, 2.05) is 6.20 Å². The molecule has 1 fully saturated rings. The maximum atomic E-state index is 6.20. The number of fused-ring (bicyclic) bond motifs is 1. The molecule has 1 aliphatic carbocycles. The molecule has 0 spiro atoms. The van der Waals surface area contributed by atoms with Crippen LogP contribution in [0.2, 0.25) is 0 Å². The Kier molecular flexibility index (Phi) is 3.57. The van der Waals surface area contributed by atoms with Crippen LogP contribution < -0.4 is 5.73 Å². The molecule has 23 heavy (non-hydrogen) atoms. The van der Waals surface area contributed by atoms with Crippen molar-refractivity contribution in [3.05, 3.63) is 28.7 Å². The van der Waals surface area contributed by atoms with E-state index in [9.17, 15) is 0 Å². The van der Waals surface area contributed by atoms with Gasteiger partial charge in [-0.3, -0.25) is 0 Å². The highest BCUT2D eigenvalue weighted by Gasteiger charge is 2.27. The van der Waals surface area contributed by atoms with Gasteiger partial charge in [-0.15, -0.1) is 11.3 Å². The van der Waals surface area contributed by atoms with Gasteiger partial charge in [0, 0.05) is 23.3 Å². The quantitative estimate of drug-likeness (QED) is 0.715. The molecule has 0 aromatic carbocycles. The van der Waals surface area contributed by atoms with Crippen molar-refractivity contribution in [1.29, 1.82) is 0 Å². The minimum atomic E-state index is 0.115. The van der Waals surface area contributed by atoms with Crippen molar-refractivity contribution in [2.75, 3.05) is 5.73 Å². The monoisotopic (exact) mass is 345 g/mol. The number of thiophene rings is 1. The zero-order chi connectivity index (χ0) is 16.1. The lowest BCUT2D eigenvalue weighted by molar-refractivity contribution is 0.661. The molecule has 1 atom stereocenters. The summed E-state index contributed by atoms with van der Waals surface area (Å²) in [6, 6.07) is 0.628. The molecule has 1 aliphatic rings. The van der Waals surface area contributed by atoms with Gasteiger partial charge >= 0.3 is 0 Å². The van der Waals surface area contributed by atoms with Crippen molar-refractivity contribution < 1.29 is 0 Å². The van der Waals surface area contributed by atoms with Crippen LogP contribution in [0.1, 0.15) is 47.3 Å². The molecule has 3 aromatic heterocycles. The minimum Gasteiger partial charge on any atom is -0.383 e. The molecular weight excluding hydrogens is 326 g/mol. The van der Waals surface area contributed by atoms with Crippen LogP contribution in [0.5, 0.6) is 0 Å². The third kappa shape index (κ3) is 2.61. The summed E-state index contributed by atoms with van der Waals surface area (Å²) in [5.41, 5.74) is 7.39. The van der Waals surface area contributed by atoms with Crippen LogP contribution >= 0.6 is 23.1 Å². The topological polar surface area (TPSA) is 69.6 Å². The van der Waals surface area contributed by atoms with E-state index in [1.165, 1.54) is 23.3 Å². The van der Waals surface area contributed by atoms with Gasteiger partial charge in [-0.2, -0.15) is 0 Å². The smallest absolute Gasteiger partial charge is 0.168 e. The number of imidazole rings is 1. The average molecular weight is 345 g/mol. The van der Waals surface area contributed by atoms with Crippen LogP contribution in [-0.2, 0) is 0 Å². The number of aromatic nitrogens is 4. The number of hydrogen-bond donors (Lipinski definition) is 1. The molecular formula is C16H19N5S2. The van der Waals surface area contributed by atoms with Crippen LogP contribution in [0.15, 0.2) is 17.6 Å². The van der Waals surface area contributed by atoms with Crippen molar-refractivity contribution in [2.24, 2.45) is 0 Å². The first-order valence-corrected chi connectivity index (χ1v) is 9.46. The summed E-state index contributed by atoms with van der Waals surface area (Å²) >= 11 is 3.39. The lowest BCUT2D eigenvalue weighted by Gasteiger charge is -2.12. The Bertz CT molecular complexity index is 878. The van der Waals surface area contributed by atoms with E-state index < -0.39 is 0 Å². The standard InChI is InChI=1S/C16H19N5S2/c1-8-9(2)22-15-12(8)13(17)19-14(20-15)10(3)23-16-18-6-7-21(16)11-4-5-11/h6-7,10-11H,4-5H2,1-3H3,(H2,17,19,20)/t10-/m0/s1. The van der Waals surface area contributed by atoms with Gasteiger partial charge in [0.2, 0.25) is 0 Å². The largest absolute Gasteiger partial charge is 0.383 e. The van der Waals surface area contributed by atoms with Gasteiger partial charge in [0.15, 0.2) is 5.16 Å². The summed E-state index contributed by atoms with van der Waals surface area (Å²) < 4.78 is 2.27. The van der Waals surface area contributed by atoms with Gasteiger partial charge in [-0.25, -0.2) is 15.0 Å². The first kappa shape index (κ1) is 15.0. The number of nitrogen functional groups attached to an aromatic ring is 1. The van der Waals surface area contributed by atoms with E-state index in [0.717, 1.165) is 21.2 Å². The van der Waals surface area contributed by atoms with E-state index in [4.69, 9.17) is 10.7 Å². The first-order chi connectivity index (χ1) is 11.0. The van der Waals surface area contributed by atoms with E-state index in [-0.39, 0.29) is 5.25 Å². The van der Waals surface area contributed by atoms with E-state index in [0.29, 0.717) is 11.9 Å². The Labute approximate surface area is 143 Å². The maximum absolute atomic E-state index is 6.20. The molecule has 4 rings (SSSR count). The van der Waals surface area contributed by atoms with Crippen molar-refractivity contribution in [3.63, 3.8) is 0 Å². The molecule has 3 heterocycles. The molecule has 5 nitrogen and oxygen atoms in total. The van der Waals surface area contributed by atoms with Crippen LogP contribution in [-0.4, -0.2) is 19.5 Å². The highest BCUT2D eigenvalue weighted by molar-refractivity contribution is 7.99. The SMILES string of the molecule is Cc1sc2nc([C@H](C)Sc3nccn3C3CC3)nc(N)c2c1C. The van der Waals surface area contributed by atoms with E-state index in [2.05, 4.69) is 41.5 Å². The second kappa shape index (κ2) is 5.49. The van der Waals surface area contributed by atoms with Crippen LogP contribution in [0.4, 0.5) is 5.82 Å². The molecule has 0 unspecified atom stereocenters. The van der Waals surface area contributed by atoms with Gasteiger partial charge in [0.05, 0.1) is 10.6 Å². The number of nitrogens with zero attached hydrogens (tertiary/aromatic N) is 4. The number of anilines is 1. The van der Waals surface area contributed by atoms with Gasteiger partial charge in [-0.05, 0) is 39.2 Å². The van der Waals surface area contributed by atoms with E-state index in [1.54, 1.807) is 23.1 Å². The fraction of sp³-hybridized carbons (Fsp3) is 0.438. The molecule has 0 radical (unpaired) electrons. The molecule has 120 valence electrons. The number of aryl methyl sites for hydroxylation is 2. The molecule has 0 aliphatic heterocycles. The van der Waals surface area contributed by atoms with Gasteiger partial charge in [0.1, 0.15) is 16.5 Å². The second-order valence-corrected chi connectivity index (χ2v) is 8.55. The molecule has 2 N–H and O–H groups in total. The highest BCUT2D eigenvalue weighted by Crippen LogP contribution is 2.41. The number of hydrogen-bond acceptors (Lipinski definition) is 6. The summed E-state index contributed by atoms with van der Waals surface area (Å²) in [5, 5.41) is 2.16. The third-order valence-electron chi connectivity index (χ3n) is 4.29. The summed E-state index contributed by atoms with van der Waals surface area (Å²) in [6.45, 7) is 6.30. The zero-order valence-electron chi connectivity index (χ0n) is 13.4.